The molecule has 1 rings (SSSR count). The van der Waals surface area contributed by atoms with Crippen LogP contribution in [0.4, 0.5) is 0 Å². The van der Waals surface area contributed by atoms with Gasteiger partial charge in [0.05, 0.1) is 17.8 Å². The summed E-state index contributed by atoms with van der Waals surface area (Å²) in [6.45, 7) is 8.14. The summed E-state index contributed by atoms with van der Waals surface area (Å²) in [4.78, 5) is 4.31. The van der Waals surface area contributed by atoms with E-state index in [9.17, 15) is 0 Å². The van der Waals surface area contributed by atoms with Crippen molar-refractivity contribution < 1.29 is 14.7 Å². The van der Waals surface area contributed by atoms with Crippen LogP contribution in [0.15, 0.2) is 11.2 Å². The second-order valence-electron chi connectivity index (χ2n) is 5.31. The van der Waals surface area contributed by atoms with Crippen LogP contribution < -0.4 is 10.5 Å². The molecule has 0 atom stereocenters. The number of pyridine rings is 1. The van der Waals surface area contributed by atoms with Gasteiger partial charge in [-0.1, -0.05) is 5.16 Å². The Morgan fingerprint density at radius 2 is 2.10 bits per heavy atom. The van der Waals surface area contributed by atoms with E-state index in [-0.39, 0.29) is 11.4 Å². The Hall–Kier alpha value is -1.82. The SMILES string of the molecule is COC(C)(C)CCOc1nc(C)cc(C)c1/C(N)=N/O. The lowest BCUT2D eigenvalue weighted by atomic mass is 10.1. The number of oxime groups is 1. The number of nitrogens with zero attached hydrogens (tertiary/aromatic N) is 2. The first-order chi connectivity index (χ1) is 9.30. The van der Waals surface area contributed by atoms with Gasteiger partial charge >= 0.3 is 0 Å². The van der Waals surface area contributed by atoms with E-state index in [1.807, 2.05) is 33.8 Å². The van der Waals surface area contributed by atoms with Crippen molar-refractivity contribution in [2.75, 3.05) is 13.7 Å². The third kappa shape index (κ3) is 4.09. The molecule has 0 aliphatic carbocycles. The molecule has 0 aliphatic heterocycles. The first-order valence-electron chi connectivity index (χ1n) is 6.45. The number of methoxy groups -OCH3 is 1. The molecule has 0 saturated carbocycles. The molecule has 0 aliphatic rings. The molecule has 0 spiro atoms. The van der Waals surface area contributed by atoms with Gasteiger partial charge in [0.1, 0.15) is 0 Å². The van der Waals surface area contributed by atoms with Crippen LogP contribution in [-0.4, -0.2) is 35.3 Å². The van der Waals surface area contributed by atoms with Crippen molar-refractivity contribution in [3.63, 3.8) is 0 Å². The van der Waals surface area contributed by atoms with Crippen LogP contribution in [-0.2, 0) is 4.74 Å². The third-order valence-corrected chi connectivity index (χ3v) is 3.17. The molecule has 112 valence electrons. The molecule has 0 amide bonds. The number of nitrogens with two attached hydrogens (primary N) is 1. The van der Waals surface area contributed by atoms with E-state index in [2.05, 4.69) is 10.1 Å². The van der Waals surface area contributed by atoms with Crippen molar-refractivity contribution in [3.8, 4) is 5.88 Å². The van der Waals surface area contributed by atoms with Crippen LogP contribution in [0.1, 0.15) is 37.1 Å². The van der Waals surface area contributed by atoms with Gasteiger partial charge in [-0.25, -0.2) is 4.98 Å². The number of amidine groups is 1. The van der Waals surface area contributed by atoms with Gasteiger partial charge in [-0.15, -0.1) is 0 Å². The standard InChI is InChI=1S/C14H23N3O3/c1-9-8-10(2)16-13(11(9)12(15)17-18)20-7-6-14(3,4)19-5/h8,18H,6-7H2,1-5H3,(H2,15,17). The van der Waals surface area contributed by atoms with Gasteiger partial charge in [-0.3, -0.25) is 0 Å². The molecular weight excluding hydrogens is 258 g/mol. The van der Waals surface area contributed by atoms with Crippen molar-refractivity contribution in [1.82, 2.24) is 4.98 Å². The van der Waals surface area contributed by atoms with Gasteiger partial charge in [0.2, 0.25) is 5.88 Å². The number of aryl methyl sites for hydroxylation is 2. The summed E-state index contributed by atoms with van der Waals surface area (Å²) in [5, 5.41) is 11.9. The first-order valence-corrected chi connectivity index (χ1v) is 6.45. The van der Waals surface area contributed by atoms with Crippen LogP contribution in [0.25, 0.3) is 0 Å². The Kier molecular flexibility index (Phi) is 5.33. The molecule has 0 saturated heterocycles. The Morgan fingerprint density at radius 3 is 2.65 bits per heavy atom. The maximum Gasteiger partial charge on any atom is 0.225 e. The molecule has 20 heavy (non-hydrogen) atoms. The Morgan fingerprint density at radius 1 is 1.45 bits per heavy atom. The van der Waals surface area contributed by atoms with Crippen LogP contribution in [0.2, 0.25) is 0 Å². The van der Waals surface area contributed by atoms with Gasteiger partial charge in [0, 0.05) is 19.2 Å². The van der Waals surface area contributed by atoms with Crippen molar-refractivity contribution in [1.29, 1.82) is 0 Å². The van der Waals surface area contributed by atoms with Crippen molar-refractivity contribution in [2.45, 2.75) is 39.7 Å². The molecule has 1 aromatic rings. The van der Waals surface area contributed by atoms with Gasteiger partial charge < -0.3 is 20.4 Å². The van der Waals surface area contributed by atoms with E-state index in [1.54, 1.807) is 7.11 Å². The molecule has 0 fully saturated rings. The predicted octanol–water partition coefficient (Wildman–Crippen LogP) is 1.99. The average Bonchev–Trinajstić information content (AvgIpc) is 2.37. The Bertz CT molecular complexity index is 499. The van der Waals surface area contributed by atoms with Crippen molar-refractivity contribution in [3.05, 3.63) is 22.9 Å². The molecule has 0 radical (unpaired) electrons. The fraction of sp³-hybridized carbons (Fsp3) is 0.571. The molecule has 1 aromatic heterocycles. The summed E-state index contributed by atoms with van der Waals surface area (Å²) in [5.74, 6) is 0.376. The average molecular weight is 281 g/mol. The van der Waals surface area contributed by atoms with Gasteiger partial charge in [-0.05, 0) is 39.3 Å². The Balaban J connectivity index is 2.94. The zero-order valence-corrected chi connectivity index (χ0v) is 12.7. The molecule has 3 N–H and O–H groups in total. The van der Waals surface area contributed by atoms with E-state index in [1.165, 1.54) is 0 Å². The molecule has 0 bridgehead atoms. The Labute approximate surface area is 119 Å². The van der Waals surface area contributed by atoms with Crippen molar-refractivity contribution in [2.24, 2.45) is 10.9 Å². The summed E-state index contributed by atoms with van der Waals surface area (Å²) in [7, 11) is 1.66. The number of hydrogen-bond donors (Lipinski definition) is 2. The summed E-state index contributed by atoms with van der Waals surface area (Å²) >= 11 is 0. The van der Waals surface area contributed by atoms with Crippen LogP contribution in [0.3, 0.4) is 0 Å². The minimum Gasteiger partial charge on any atom is -0.477 e. The van der Waals surface area contributed by atoms with Gasteiger partial charge in [0.15, 0.2) is 5.84 Å². The van der Waals surface area contributed by atoms with Crippen LogP contribution >= 0.6 is 0 Å². The highest BCUT2D eigenvalue weighted by Crippen LogP contribution is 2.22. The number of hydrogen-bond acceptors (Lipinski definition) is 5. The summed E-state index contributed by atoms with van der Waals surface area (Å²) in [6, 6.07) is 1.86. The number of aromatic nitrogens is 1. The van der Waals surface area contributed by atoms with E-state index in [4.69, 9.17) is 20.4 Å². The largest absolute Gasteiger partial charge is 0.477 e. The topological polar surface area (TPSA) is 90.0 Å². The lowest BCUT2D eigenvalue weighted by Crippen LogP contribution is -2.26. The normalized spacial score (nSPS) is 12.6. The highest BCUT2D eigenvalue weighted by molar-refractivity contribution is 6.00. The highest BCUT2D eigenvalue weighted by Gasteiger charge is 2.18. The molecule has 0 unspecified atom stereocenters. The summed E-state index contributed by atoms with van der Waals surface area (Å²) in [5.41, 5.74) is 7.61. The maximum atomic E-state index is 8.86. The third-order valence-electron chi connectivity index (χ3n) is 3.17. The zero-order valence-electron chi connectivity index (χ0n) is 12.7. The number of rotatable bonds is 6. The van der Waals surface area contributed by atoms with E-state index in [0.717, 1.165) is 11.3 Å². The van der Waals surface area contributed by atoms with Crippen LogP contribution in [0, 0.1) is 13.8 Å². The predicted molar refractivity (Wildman–Crippen MR) is 77.4 cm³/mol. The minimum absolute atomic E-state index is 0.00370. The second kappa shape index (κ2) is 6.56. The minimum atomic E-state index is -0.268. The lowest BCUT2D eigenvalue weighted by molar-refractivity contribution is 0.00505. The van der Waals surface area contributed by atoms with Gasteiger partial charge in [-0.2, -0.15) is 0 Å². The van der Waals surface area contributed by atoms with E-state index < -0.39 is 0 Å². The van der Waals surface area contributed by atoms with E-state index in [0.29, 0.717) is 24.5 Å². The lowest BCUT2D eigenvalue weighted by Gasteiger charge is -2.23. The summed E-state index contributed by atoms with van der Waals surface area (Å²) < 4.78 is 11.0. The molecular formula is C14H23N3O3. The van der Waals surface area contributed by atoms with Crippen molar-refractivity contribution >= 4 is 5.84 Å². The maximum absolute atomic E-state index is 8.86. The fourth-order valence-corrected chi connectivity index (χ4v) is 1.76. The molecule has 0 aromatic carbocycles. The smallest absolute Gasteiger partial charge is 0.225 e. The number of ether oxygens (including phenoxy) is 2. The molecule has 1 heterocycles. The first kappa shape index (κ1) is 16.2. The molecule has 6 heteroatoms. The summed E-state index contributed by atoms with van der Waals surface area (Å²) in [6.07, 6.45) is 0.702. The fourth-order valence-electron chi connectivity index (χ4n) is 1.76. The highest BCUT2D eigenvalue weighted by atomic mass is 16.5. The molecule has 6 nitrogen and oxygen atoms in total. The quantitative estimate of drug-likeness (QED) is 0.360. The zero-order chi connectivity index (χ0) is 15.3. The monoisotopic (exact) mass is 281 g/mol. The second-order valence-corrected chi connectivity index (χ2v) is 5.31. The van der Waals surface area contributed by atoms with E-state index >= 15 is 0 Å². The van der Waals surface area contributed by atoms with Crippen LogP contribution in [0.5, 0.6) is 5.88 Å². The van der Waals surface area contributed by atoms with Gasteiger partial charge in [0.25, 0.3) is 0 Å².